The van der Waals surface area contributed by atoms with Gasteiger partial charge in [0.15, 0.2) is 0 Å². The van der Waals surface area contributed by atoms with Gasteiger partial charge in [0.05, 0.1) is 6.61 Å². The van der Waals surface area contributed by atoms with Gasteiger partial charge in [0, 0.05) is 6.42 Å². The normalized spacial score (nSPS) is 11.1. The summed E-state index contributed by atoms with van der Waals surface area (Å²) in [5.41, 5.74) is 2.52. The van der Waals surface area contributed by atoms with E-state index in [-0.39, 0.29) is 5.78 Å². The lowest BCUT2D eigenvalue weighted by Crippen LogP contribution is -2.06. The fourth-order valence-electron chi connectivity index (χ4n) is 2.14. The van der Waals surface area contributed by atoms with Gasteiger partial charge in [-0.3, -0.25) is 0 Å². The summed E-state index contributed by atoms with van der Waals surface area (Å²) < 4.78 is 5.99. The van der Waals surface area contributed by atoms with E-state index in [1.54, 1.807) is 6.92 Å². The molecule has 0 saturated heterocycles. The number of benzene rings is 1. The van der Waals surface area contributed by atoms with Crippen LogP contribution in [0.5, 0.6) is 5.75 Å². The van der Waals surface area contributed by atoms with Crippen molar-refractivity contribution in [3.05, 3.63) is 29.3 Å². The van der Waals surface area contributed by atoms with E-state index in [2.05, 4.69) is 45.9 Å². The zero-order valence-electron chi connectivity index (χ0n) is 12.8. The number of rotatable bonds is 7. The predicted octanol–water partition coefficient (Wildman–Crippen LogP) is 4.68. The number of carbonyl (C=O) groups excluding carboxylic acids is 1. The highest BCUT2D eigenvalue weighted by Crippen LogP contribution is 2.34. The molecule has 2 heteroatoms. The summed E-state index contributed by atoms with van der Waals surface area (Å²) in [4.78, 5) is 10.9. The largest absolute Gasteiger partial charge is 0.493 e. The van der Waals surface area contributed by atoms with Gasteiger partial charge < -0.3 is 9.53 Å². The Labute approximate surface area is 117 Å². The van der Waals surface area contributed by atoms with Gasteiger partial charge >= 0.3 is 0 Å². The highest BCUT2D eigenvalue weighted by Gasteiger charge is 2.14. The maximum Gasteiger partial charge on any atom is 0.129 e. The summed E-state index contributed by atoms with van der Waals surface area (Å²) in [6.45, 7) is 11.0. The molecule has 0 spiro atoms. The molecule has 0 aliphatic rings. The fraction of sp³-hybridized carbons (Fsp3) is 0.588. The van der Waals surface area contributed by atoms with Gasteiger partial charge in [0.25, 0.3) is 0 Å². The van der Waals surface area contributed by atoms with Crippen molar-refractivity contribution in [3.63, 3.8) is 0 Å². The first-order valence-electron chi connectivity index (χ1n) is 7.18. The number of ketones is 1. The number of Topliss-reactive ketones (excluding diaryl/α,β-unsaturated/α-hetero) is 1. The number of hydrogen-bond donors (Lipinski definition) is 0. The topological polar surface area (TPSA) is 26.3 Å². The second-order valence-electron chi connectivity index (χ2n) is 5.73. The van der Waals surface area contributed by atoms with E-state index in [9.17, 15) is 4.79 Å². The quantitative estimate of drug-likeness (QED) is 0.667. The van der Waals surface area contributed by atoms with E-state index < -0.39 is 0 Å². The molecular weight excluding hydrogens is 236 g/mol. The third-order valence-electron chi connectivity index (χ3n) is 3.24. The van der Waals surface area contributed by atoms with E-state index >= 15 is 0 Å². The van der Waals surface area contributed by atoms with Gasteiger partial charge in [0.2, 0.25) is 0 Å². The molecule has 1 aromatic carbocycles. The van der Waals surface area contributed by atoms with Gasteiger partial charge in [-0.2, -0.15) is 0 Å². The Morgan fingerprint density at radius 1 is 1.11 bits per heavy atom. The first-order chi connectivity index (χ1) is 8.93. The molecule has 0 bridgehead atoms. The van der Waals surface area contributed by atoms with E-state index in [4.69, 9.17) is 4.74 Å². The molecule has 19 heavy (non-hydrogen) atoms. The van der Waals surface area contributed by atoms with Crippen molar-refractivity contribution < 1.29 is 9.53 Å². The third-order valence-corrected chi connectivity index (χ3v) is 3.24. The molecule has 0 unspecified atom stereocenters. The minimum Gasteiger partial charge on any atom is -0.493 e. The van der Waals surface area contributed by atoms with Gasteiger partial charge in [-0.1, -0.05) is 45.9 Å². The molecule has 0 atom stereocenters. The molecule has 0 aliphatic heterocycles. The molecule has 0 heterocycles. The zero-order chi connectivity index (χ0) is 14.4. The van der Waals surface area contributed by atoms with Crippen molar-refractivity contribution in [1.82, 2.24) is 0 Å². The number of ether oxygens (including phenoxy) is 1. The fourth-order valence-corrected chi connectivity index (χ4v) is 2.14. The molecule has 0 N–H and O–H groups in total. The van der Waals surface area contributed by atoms with Gasteiger partial charge in [0.1, 0.15) is 11.5 Å². The Kier molecular flexibility index (Phi) is 6.07. The minimum absolute atomic E-state index is 0.227. The van der Waals surface area contributed by atoms with Crippen molar-refractivity contribution in [2.45, 2.75) is 59.3 Å². The van der Waals surface area contributed by atoms with Crippen LogP contribution in [0.15, 0.2) is 18.2 Å². The molecular formula is C17H26O2. The first kappa shape index (κ1) is 15.7. The maximum atomic E-state index is 10.9. The van der Waals surface area contributed by atoms with Crippen molar-refractivity contribution in [2.75, 3.05) is 6.61 Å². The van der Waals surface area contributed by atoms with E-state index in [1.807, 2.05) is 0 Å². The number of para-hydroxylation sites is 1. The van der Waals surface area contributed by atoms with Crippen molar-refractivity contribution in [1.29, 1.82) is 0 Å². The lowest BCUT2D eigenvalue weighted by atomic mass is 9.94. The lowest BCUT2D eigenvalue weighted by molar-refractivity contribution is -0.117. The number of carbonyl (C=O) groups is 1. The monoisotopic (exact) mass is 262 g/mol. The Morgan fingerprint density at radius 3 is 2.05 bits per heavy atom. The second kappa shape index (κ2) is 7.32. The average molecular weight is 262 g/mol. The van der Waals surface area contributed by atoms with Crippen LogP contribution in [-0.2, 0) is 4.79 Å². The van der Waals surface area contributed by atoms with Crippen LogP contribution in [0.1, 0.15) is 70.4 Å². The van der Waals surface area contributed by atoms with Gasteiger partial charge in [-0.05, 0) is 36.3 Å². The Morgan fingerprint density at radius 2 is 1.63 bits per heavy atom. The number of hydrogen-bond acceptors (Lipinski definition) is 2. The molecule has 0 amide bonds. The highest BCUT2D eigenvalue weighted by molar-refractivity contribution is 5.75. The Bertz CT molecular complexity index is 393. The van der Waals surface area contributed by atoms with E-state index in [0.717, 1.165) is 12.2 Å². The minimum atomic E-state index is 0.227. The molecule has 1 aromatic rings. The van der Waals surface area contributed by atoms with Crippen LogP contribution >= 0.6 is 0 Å². The van der Waals surface area contributed by atoms with Crippen LogP contribution < -0.4 is 4.74 Å². The van der Waals surface area contributed by atoms with Gasteiger partial charge in [-0.25, -0.2) is 0 Å². The van der Waals surface area contributed by atoms with Crippen LogP contribution in [0.3, 0.4) is 0 Å². The summed E-state index contributed by atoms with van der Waals surface area (Å²) in [6, 6.07) is 6.38. The molecule has 0 fully saturated rings. The van der Waals surface area contributed by atoms with Crippen LogP contribution in [-0.4, -0.2) is 12.4 Å². The van der Waals surface area contributed by atoms with E-state index in [0.29, 0.717) is 24.9 Å². The van der Waals surface area contributed by atoms with Crippen LogP contribution in [0.4, 0.5) is 0 Å². The summed E-state index contributed by atoms with van der Waals surface area (Å²) in [7, 11) is 0. The van der Waals surface area contributed by atoms with Crippen LogP contribution in [0, 0.1) is 0 Å². The van der Waals surface area contributed by atoms with Crippen LogP contribution in [0.2, 0.25) is 0 Å². The molecule has 2 nitrogen and oxygen atoms in total. The Hall–Kier alpha value is -1.31. The molecule has 0 aromatic heterocycles. The van der Waals surface area contributed by atoms with Crippen molar-refractivity contribution in [2.24, 2.45) is 0 Å². The molecule has 106 valence electrons. The first-order valence-corrected chi connectivity index (χ1v) is 7.18. The second-order valence-corrected chi connectivity index (χ2v) is 5.73. The average Bonchev–Trinajstić information content (AvgIpc) is 2.33. The van der Waals surface area contributed by atoms with Gasteiger partial charge in [-0.15, -0.1) is 0 Å². The SMILES string of the molecule is CC(=O)CCCOc1c(C(C)C)cccc1C(C)C. The van der Waals surface area contributed by atoms with E-state index in [1.165, 1.54) is 11.1 Å². The predicted molar refractivity (Wildman–Crippen MR) is 80.0 cm³/mol. The zero-order valence-corrected chi connectivity index (χ0v) is 12.8. The summed E-state index contributed by atoms with van der Waals surface area (Å²) >= 11 is 0. The summed E-state index contributed by atoms with van der Waals surface area (Å²) in [6.07, 6.45) is 1.39. The highest BCUT2D eigenvalue weighted by atomic mass is 16.5. The third kappa shape index (κ3) is 4.70. The maximum absolute atomic E-state index is 10.9. The molecule has 1 rings (SSSR count). The summed E-state index contributed by atoms with van der Waals surface area (Å²) in [5, 5.41) is 0. The Balaban J connectivity index is 2.85. The molecule has 0 aliphatic carbocycles. The van der Waals surface area contributed by atoms with Crippen molar-refractivity contribution >= 4 is 5.78 Å². The molecule has 0 radical (unpaired) electrons. The van der Waals surface area contributed by atoms with Crippen LogP contribution in [0.25, 0.3) is 0 Å². The molecule has 0 saturated carbocycles. The van der Waals surface area contributed by atoms with Crippen molar-refractivity contribution in [3.8, 4) is 5.75 Å². The smallest absolute Gasteiger partial charge is 0.129 e. The summed E-state index contributed by atoms with van der Waals surface area (Å²) in [5.74, 6) is 2.14. The lowest BCUT2D eigenvalue weighted by Gasteiger charge is -2.19. The standard InChI is InChI=1S/C17H26O2/c1-12(2)15-9-6-10-16(13(3)4)17(15)19-11-7-8-14(5)18/h6,9-10,12-13H,7-8,11H2,1-5H3.